The van der Waals surface area contributed by atoms with E-state index >= 15 is 0 Å². The summed E-state index contributed by atoms with van der Waals surface area (Å²) < 4.78 is 0. The van der Waals surface area contributed by atoms with Gasteiger partial charge in [-0.25, -0.2) is 4.98 Å². The number of hydrogen-bond donors (Lipinski definition) is 1. The van der Waals surface area contributed by atoms with E-state index < -0.39 is 0 Å². The summed E-state index contributed by atoms with van der Waals surface area (Å²) in [6.45, 7) is 5.82. The Morgan fingerprint density at radius 2 is 2.31 bits per heavy atom. The second kappa shape index (κ2) is 5.96. The van der Waals surface area contributed by atoms with Crippen LogP contribution >= 0.6 is 0 Å². The number of nitrogen functional groups attached to an aromatic ring is 1. The van der Waals surface area contributed by atoms with E-state index in [-0.39, 0.29) is 0 Å². The third-order valence-corrected chi connectivity index (χ3v) is 2.20. The van der Waals surface area contributed by atoms with Crippen LogP contribution in [0, 0.1) is 17.2 Å². The smallest absolute Gasteiger partial charge is 0.151 e. The number of nitrogens with zero attached hydrogens (tertiary/aromatic N) is 3. The summed E-state index contributed by atoms with van der Waals surface area (Å²) in [6, 6.07) is 5.80. The van der Waals surface area contributed by atoms with Gasteiger partial charge in [0.1, 0.15) is 0 Å². The molecule has 86 valence electrons. The average molecular weight is 218 g/mol. The number of nitrogens with two attached hydrogens (primary N) is 1. The Bertz CT molecular complexity index is 368. The number of anilines is 2. The van der Waals surface area contributed by atoms with Crippen LogP contribution < -0.4 is 10.6 Å². The highest BCUT2D eigenvalue weighted by Gasteiger charge is 2.11. The van der Waals surface area contributed by atoms with E-state index in [2.05, 4.69) is 29.8 Å². The van der Waals surface area contributed by atoms with Crippen molar-refractivity contribution in [1.82, 2.24) is 4.98 Å². The van der Waals surface area contributed by atoms with Crippen molar-refractivity contribution in [3.63, 3.8) is 0 Å². The molecule has 0 aliphatic rings. The van der Waals surface area contributed by atoms with Gasteiger partial charge in [-0.2, -0.15) is 5.26 Å². The fraction of sp³-hybridized carbons (Fsp3) is 0.500. The minimum absolute atomic E-state index is 0.489. The molecule has 0 bridgehead atoms. The maximum absolute atomic E-state index is 8.64. The van der Waals surface area contributed by atoms with Gasteiger partial charge in [0, 0.05) is 19.3 Å². The van der Waals surface area contributed by atoms with Gasteiger partial charge in [0.25, 0.3) is 0 Å². The number of nitriles is 1. The lowest BCUT2D eigenvalue weighted by Gasteiger charge is -2.25. The van der Waals surface area contributed by atoms with Gasteiger partial charge in [-0.3, -0.25) is 0 Å². The summed E-state index contributed by atoms with van der Waals surface area (Å²) in [4.78, 5) is 6.35. The van der Waals surface area contributed by atoms with Gasteiger partial charge < -0.3 is 10.6 Å². The summed E-state index contributed by atoms with van der Waals surface area (Å²) in [6.07, 6.45) is 2.22. The standard InChI is InChI=1S/C12H18N4/c1-10(2)9-16(8-4-6-13)12-11(14)5-3-7-15-12/h3,5,7,10H,4,8-9,14H2,1-2H3. The largest absolute Gasteiger partial charge is 0.396 e. The molecule has 4 heteroatoms. The van der Waals surface area contributed by atoms with Gasteiger partial charge in [-0.1, -0.05) is 13.8 Å². The van der Waals surface area contributed by atoms with E-state index in [1.165, 1.54) is 0 Å². The van der Waals surface area contributed by atoms with Gasteiger partial charge in [-0.15, -0.1) is 0 Å². The summed E-state index contributed by atoms with van der Waals surface area (Å²) in [5.74, 6) is 1.30. The van der Waals surface area contributed by atoms with Crippen LogP contribution in [0.4, 0.5) is 11.5 Å². The molecule has 0 aliphatic heterocycles. The van der Waals surface area contributed by atoms with E-state index in [0.717, 1.165) is 12.4 Å². The van der Waals surface area contributed by atoms with E-state index in [1.807, 2.05) is 12.1 Å². The molecule has 1 aromatic heterocycles. The first-order valence-electron chi connectivity index (χ1n) is 5.47. The van der Waals surface area contributed by atoms with Crippen LogP contribution in [0.2, 0.25) is 0 Å². The van der Waals surface area contributed by atoms with E-state index in [0.29, 0.717) is 24.6 Å². The molecular formula is C12H18N4. The highest BCUT2D eigenvalue weighted by atomic mass is 15.2. The first-order chi connectivity index (χ1) is 7.65. The Morgan fingerprint density at radius 1 is 1.56 bits per heavy atom. The maximum atomic E-state index is 8.64. The van der Waals surface area contributed by atoms with Crippen molar-refractivity contribution in [1.29, 1.82) is 5.26 Å². The third kappa shape index (κ3) is 3.43. The second-order valence-corrected chi connectivity index (χ2v) is 4.16. The predicted molar refractivity (Wildman–Crippen MR) is 65.9 cm³/mol. The minimum atomic E-state index is 0.489. The molecule has 0 aromatic carbocycles. The Morgan fingerprint density at radius 3 is 2.88 bits per heavy atom. The van der Waals surface area contributed by atoms with Crippen molar-refractivity contribution in [3.8, 4) is 6.07 Å². The van der Waals surface area contributed by atoms with Crippen molar-refractivity contribution < 1.29 is 0 Å². The Hall–Kier alpha value is -1.76. The molecule has 0 fully saturated rings. The van der Waals surface area contributed by atoms with Crippen LogP contribution in [0.1, 0.15) is 20.3 Å². The van der Waals surface area contributed by atoms with Crippen LogP contribution in [-0.2, 0) is 0 Å². The fourth-order valence-corrected chi connectivity index (χ4v) is 1.58. The van der Waals surface area contributed by atoms with E-state index in [1.54, 1.807) is 6.20 Å². The van der Waals surface area contributed by atoms with Crippen molar-refractivity contribution in [2.24, 2.45) is 5.92 Å². The fourth-order valence-electron chi connectivity index (χ4n) is 1.58. The first kappa shape index (κ1) is 12.3. The molecule has 0 spiro atoms. The lowest BCUT2D eigenvalue weighted by Crippen LogP contribution is -2.30. The second-order valence-electron chi connectivity index (χ2n) is 4.16. The highest BCUT2D eigenvalue weighted by Crippen LogP contribution is 2.20. The number of rotatable bonds is 5. The summed E-state index contributed by atoms with van der Waals surface area (Å²) >= 11 is 0. The van der Waals surface area contributed by atoms with Crippen molar-refractivity contribution in [2.45, 2.75) is 20.3 Å². The Kier molecular flexibility index (Phi) is 4.59. The van der Waals surface area contributed by atoms with Crippen molar-refractivity contribution in [3.05, 3.63) is 18.3 Å². The molecule has 0 saturated heterocycles. The van der Waals surface area contributed by atoms with Gasteiger partial charge in [0.15, 0.2) is 5.82 Å². The number of pyridine rings is 1. The molecular weight excluding hydrogens is 200 g/mol. The highest BCUT2D eigenvalue weighted by molar-refractivity contribution is 5.62. The molecule has 0 aliphatic carbocycles. The van der Waals surface area contributed by atoms with Crippen molar-refractivity contribution >= 4 is 11.5 Å². The molecule has 1 heterocycles. The zero-order valence-corrected chi connectivity index (χ0v) is 9.85. The molecule has 0 atom stereocenters. The molecule has 1 rings (SSSR count). The van der Waals surface area contributed by atoms with Gasteiger partial charge in [-0.05, 0) is 18.1 Å². The molecule has 0 amide bonds. The van der Waals surface area contributed by atoms with Gasteiger partial charge in [0.2, 0.25) is 0 Å². The zero-order valence-electron chi connectivity index (χ0n) is 9.85. The zero-order chi connectivity index (χ0) is 12.0. The third-order valence-electron chi connectivity index (χ3n) is 2.20. The van der Waals surface area contributed by atoms with Crippen LogP contribution in [0.15, 0.2) is 18.3 Å². The van der Waals surface area contributed by atoms with E-state index in [4.69, 9.17) is 11.0 Å². The minimum Gasteiger partial charge on any atom is -0.396 e. The molecule has 4 nitrogen and oxygen atoms in total. The Balaban J connectivity index is 2.83. The molecule has 1 aromatic rings. The quantitative estimate of drug-likeness (QED) is 0.821. The van der Waals surface area contributed by atoms with Crippen LogP contribution in [0.5, 0.6) is 0 Å². The SMILES string of the molecule is CC(C)CN(CCC#N)c1ncccc1N. The summed E-state index contributed by atoms with van der Waals surface area (Å²) in [5.41, 5.74) is 6.55. The van der Waals surface area contributed by atoms with E-state index in [9.17, 15) is 0 Å². The maximum Gasteiger partial charge on any atom is 0.151 e. The predicted octanol–water partition coefficient (Wildman–Crippen LogP) is 2.04. The normalized spacial score (nSPS) is 10.1. The van der Waals surface area contributed by atoms with Gasteiger partial charge in [0.05, 0.1) is 18.2 Å². The first-order valence-corrected chi connectivity index (χ1v) is 5.47. The number of hydrogen-bond acceptors (Lipinski definition) is 4. The van der Waals surface area contributed by atoms with Gasteiger partial charge >= 0.3 is 0 Å². The average Bonchev–Trinajstić information content (AvgIpc) is 2.24. The number of aromatic nitrogens is 1. The summed E-state index contributed by atoms with van der Waals surface area (Å²) in [5, 5.41) is 8.64. The molecule has 16 heavy (non-hydrogen) atoms. The van der Waals surface area contributed by atoms with Crippen molar-refractivity contribution in [2.75, 3.05) is 23.7 Å². The van der Waals surface area contributed by atoms with Crippen LogP contribution in [-0.4, -0.2) is 18.1 Å². The van der Waals surface area contributed by atoms with Crippen LogP contribution in [0.25, 0.3) is 0 Å². The molecule has 0 saturated carbocycles. The lowest BCUT2D eigenvalue weighted by molar-refractivity contribution is 0.608. The molecule has 0 radical (unpaired) electrons. The lowest BCUT2D eigenvalue weighted by atomic mass is 10.2. The Labute approximate surface area is 96.7 Å². The topological polar surface area (TPSA) is 65.9 Å². The summed E-state index contributed by atoms with van der Waals surface area (Å²) in [7, 11) is 0. The molecule has 0 unspecified atom stereocenters. The molecule has 2 N–H and O–H groups in total. The van der Waals surface area contributed by atoms with Crippen LogP contribution in [0.3, 0.4) is 0 Å². The monoisotopic (exact) mass is 218 g/mol.